The second kappa shape index (κ2) is 5.86. The molecule has 134 valence electrons. The van der Waals surface area contributed by atoms with E-state index in [-0.39, 0.29) is 23.9 Å². The van der Waals surface area contributed by atoms with Crippen molar-refractivity contribution < 1.29 is 18.0 Å². The summed E-state index contributed by atoms with van der Waals surface area (Å²) >= 11 is 0. The molecule has 1 fully saturated rings. The maximum atomic E-state index is 12.9. The van der Waals surface area contributed by atoms with E-state index in [0.717, 1.165) is 29.0 Å². The van der Waals surface area contributed by atoms with E-state index < -0.39 is 11.7 Å². The number of imidazole rings is 1. The topological polar surface area (TPSA) is 38.1 Å². The third kappa shape index (κ3) is 2.73. The summed E-state index contributed by atoms with van der Waals surface area (Å²) in [5.74, 6) is 0.421. The van der Waals surface area contributed by atoms with Gasteiger partial charge in [0.25, 0.3) is 0 Å². The maximum Gasteiger partial charge on any atom is 0.416 e. The van der Waals surface area contributed by atoms with Gasteiger partial charge in [0.05, 0.1) is 16.6 Å². The monoisotopic (exact) mass is 359 g/mol. The van der Waals surface area contributed by atoms with Gasteiger partial charge < -0.3 is 9.47 Å². The van der Waals surface area contributed by atoms with Crippen molar-refractivity contribution in [2.75, 3.05) is 11.4 Å². The van der Waals surface area contributed by atoms with Crippen molar-refractivity contribution >= 4 is 22.6 Å². The van der Waals surface area contributed by atoms with Crippen molar-refractivity contribution in [1.82, 2.24) is 9.55 Å². The molecule has 4 nitrogen and oxygen atoms in total. The Morgan fingerprint density at radius 1 is 1.12 bits per heavy atom. The Labute approximate surface area is 147 Å². The van der Waals surface area contributed by atoms with E-state index in [1.54, 1.807) is 0 Å². The molecule has 26 heavy (non-hydrogen) atoms. The summed E-state index contributed by atoms with van der Waals surface area (Å²) in [5.41, 5.74) is 1.32. The minimum atomic E-state index is -4.43. The zero-order chi connectivity index (χ0) is 18.5. The van der Waals surface area contributed by atoms with Crippen LogP contribution >= 0.6 is 0 Å². The molecule has 3 aromatic rings. The van der Waals surface area contributed by atoms with Crippen molar-refractivity contribution in [2.45, 2.75) is 18.5 Å². The van der Waals surface area contributed by atoms with Crippen LogP contribution in [0.1, 0.15) is 23.7 Å². The highest BCUT2D eigenvalue weighted by atomic mass is 19.4. The smallest absolute Gasteiger partial charge is 0.331 e. The Hall–Kier alpha value is -2.83. The Morgan fingerprint density at radius 2 is 1.88 bits per heavy atom. The van der Waals surface area contributed by atoms with Crippen LogP contribution in [-0.2, 0) is 18.0 Å². The second-order valence-corrected chi connectivity index (χ2v) is 6.47. The Kier molecular flexibility index (Phi) is 3.75. The van der Waals surface area contributed by atoms with E-state index in [1.165, 1.54) is 17.0 Å². The molecule has 1 amide bonds. The second-order valence-electron chi connectivity index (χ2n) is 6.47. The number of carbonyl (C=O) groups is 1. The fourth-order valence-electron chi connectivity index (χ4n) is 3.51. The molecule has 0 bridgehead atoms. The predicted molar refractivity (Wildman–Crippen MR) is 91.9 cm³/mol. The average Bonchev–Trinajstić information content (AvgIpc) is 3.15. The molecular weight excluding hydrogens is 343 g/mol. The molecule has 0 radical (unpaired) electrons. The lowest BCUT2D eigenvalue weighted by Gasteiger charge is -2.18. The molecular formula is C19H16F3N3O. The van der Waals surface area contributed by atoms with Crippen molar-refractivity contribution in [3.63, 3.8) is 0 Å². The Balaban J connectivity index is 1.66. The molecule has 2 aromatic carbocycles. The van der Waals surface area contributed by atoms with E-state index in [0.29, 0.717) is 6.54 Å². The van der Waals surface area contributed by atoms with Crippen molar-refractivity contribution in [1.29, 1.82) is 0 Å². The number of benzene rings is 2. The Bertz CT molecular complexity index is 993. The number of hydrogen-bond acceptors (Lipinski definition) is 2. The molecule has 1 saturated heterocycles. The zero-order valence-corrected chi connectivity index (χ0v) is 14.0. The van der Waals surface area contributed by atoms with Crippen LogP contribution in [0.2, 0.25) is 0 Å². The summed E-state index contributed by atoms with van der Waals surface area (Å²) < 4.78 is 40.8. The molecule has 1 atom stereocenters. The Morgan fingerprint density at radius 3 is 2.62 bits per heavy atom. The summed E-state index contributed by atoms with van der Waals surface area (Å²) in [6.07, 6.45) is -4.21. The summed E-state index contributed by atoms with van der Waals surface area (Å²) in [5, 5.41) is 0. The highest BCUT2D eigenvalue weighted by Gasteiger charge is 2.36. The number of para-hydroxylation sites is 2. The number of aryl methyl sites for hydroxylation is 1. The molecule has 1 aromatic heterocycles. The largest absolute Gasteiger partial charge is 0.416 e. The first-order valence-electron chi connectivity index (χ1n) is 8.23. The molecule has 7 heteroatoms. The van der Waals surface area contributed by atoms with Gasteiger partial charge in [-0.05, 0) is 30.3 Å². The highest BCUT2D eigenvalue weighted by Crippen LogP contribution is 2.36. The first-order valence-corrected chi connectivity index (χ1v) is 8.23. The van der Waals surface area contributed by atoms with Crippen LogP contribution in [-0.4, -0.2) is 22.0 Å². The summed E-state index contributed by atoms with van der Waals surface area (Å²) in [6, 6.07) is 12.6. The van der Waals surface area contributed by atoms with Crippen LogP contribution in [0, 0.1) is 0 Å². The van der Waals surface area contributed by atoms with Crippen LogP contribution in [0.15, 0.2) is 48.5 Å². The van der Waals surface area contributed by atoms with Crippen molar-refractivity contribution in [3.8, 4) is 0 Å². The van der Waals surface area contributed by atoms with E-state index in [9.17, 15) is 18.0 Å². The van der Waals surface area contributed by atoms with Gasteiger partial charge in [0.2, 0.25) is 5.91 Å². The van der Waals surface area contributed by atoms with Gasteiger partial charge >= 0.3 is 6.18 Å². The molecule has 1 aliphatic heterocycles. The molecule has 0 N–H and O–H groups in total. The predicted octanol–water partition coefficient (Wildman–Crippen LogP) is 4.11. The van der Waals surface area contributed by atoms with Crippen LogP contribution in [0.25, 0.3) is 11.0 Å². The first kappa shape index (κ1) is 16.6. The number of halogens is 3. The normalized spacial score (nSPS) is 18.1. The number of carbonyl (C=O) groups excluding carboxylic acids is 1. The maximum absolute atomic E-state index is 12.9. The van der Waals surface area contributed by atoms with Gasteiger partial charge in [-0.1, -0.05) is 18.2 Å². The number of rotatable bonds is 2. The molecule has 0 saturated carbocycles. The number of alkyl halides is 3. The number of hydrogen-bond donors (Lipinski definition) is 0. The third-order valence-electron chi connectivity index (χ3n) is 4.80. The van der Waals surface area contributed by atoms with E-state index in [2.05, 4.69) is 4.98 Å². The van der Waals surface area contributed by atoms with Crippen LogP contribution in [0.3, 0.4) is 0 Å². The van der Waals surface area contributed by atoms with Crippen molar-refractivity contribution in [2.24, 2.45) is 7.05 Å². The SMILES string of the molecule is Cn1c([C@H]2CC(=O)N(c3cccc(C(F)(F)F)c3)C2)nc2ccccc21. The fraction of sp³-hybridized carbons (Fsp3) is 0.263. The highest BCUT2D eigenvalue weighted by molar-refractivity contribution is 5.96. The number of aromatic nitrogens is 2. The van der Waals surface area contributed by atoms with Gasteiger partial charge in [0.15, 0.2) is 0 Å². The first-order chi connectivity index (χ1) is 12.3. The lowest BCUT2D eigenvalue weighted by Crippen LogP contribution is -2.25. The summed E-state index contributed by atoms with van der Waals surface area (Å²) in [4.78, 5) is 18.5. The summed E-state index contributed by atoms with van der Waals surface area (Å²) in [7, 11) is 1.89. The standard InChI is InChI=1S/C19H16F3N3O/c1-24-16-8-3-2-7-15(16)23-18(24)12-9-17(26)25(11-12)14-6-4-5-13(10-14)19(20,21)22/h2-8,10,12H,9,11H2,1H3/t12-/m0/s1. The quantitative estimate of drug-likeness (QED) is 0.691. The number of nitrogens with zero attached hydrogens (tertiary/aromatic N) is 3. The molecule has 0 unspecified atom stereocenters. The molecule has 1 aliphatic rings. The van der Waals surface area contributed by atoms with Gasteiger partial charge in [-0.15, -0.1) is 0 Å². The van der Waals surface area contributed by atoms with Gasteiger partial charge in [0.1, 0.15) is 5.82 Å². The average molecular weight is 359 g/mol. The van der Waals surface area contributed by atoms with Crippen LogP contribution in [0.4, 0.5) is 18.9 Å². The zero-order valence-electron chi connectivity index (χ0n) is 14.0. The van der Waals surface area contributed by atoms with Crippen molar-refractivity contribution in [3.05, 3.63) is 59.9 Å². The van der Waals surface area contributed by atoms with Crippen LogP contribution in [0.5, 0.6) is 0 Å². The number of fused-ring (bicyclic) bond motifs is 1. The van der Waals surface area contributed by atoms with E-state index in [1.807, 2.05) is 35.9 Å². The molecule has 0 aliphatic carbocycles. The fourth-order valence-corrected chi connectivity index (χ4v) is 3.51. The van der Waals surface area contributed by atoms with E-state index >= 15 is 0 Å². The lowest BCUT2D eigenvalue weighted by atomic mass is 10.1. The minimum Gasteiger partial charge on any atom is -0.331 e. The molecule has 0 spiro atoms. The third-order valence-corrected chi connectivity index (χ3v) is 4.80. The van der Waals surface area contributed by atoms with E-state index in [4.69, 9.17) is 0 Å². The number of anilines is 1. The van der Waals surface area contributed by atoms with Gasteiger partial charge in [0, 0.05) is 31.6 Å². The van der Waals surface area contributed by atoms with Crippen LogP contribution < -0.4 is 4.90 Å². The van der Waals surface area contributed by atoms with Gasteiger partial charge in [-0.3, -0.25) is 4.79 Å². The lowest BCUT2D eigenvalue weighted by molar-refractivity contribution is -0.137. The summed E-state index contributed by atoms with van der Waals surface area (Å²) in [6.45, 7) is 0.317. The molecule has 4 rings (SSSR count). The van der Waals surface area contributed by atoms with Gasteiger partial charge in [-0.2, -0.15) is 13.2 Å². The molecule has 2 heterocycles. The minimum absolute atomic E-state index is 0.158. The van der Waals surface area contributed by atoms with Gasteiger partial charge in [-0.25, -0.2) is 4.98 Å². The number of amides is 1.